The number of carboxylic acid groups (broad SMARTS) is 1. The fraction of sp³-hybridized carbons (Fsp3) is 0.667. The highest BCUT2D eigenvalue weighted by Crippen LogP contribution is 2.16. The first-order chi connectivity index (χ1) is 6.60. The van der Waals surface area contributed by atoms with Crippen molar-refractivity contribution >= 4 is 17.6 Å². The van der Waals surface area contributed by atoms with E-state index >= 15 is 0 Å². The van der Waals surface area contributed by atoms with Gasteiger partial charge in [0.25, 0.3) is 0 Å². The maximum atomic E-state index is 11.4. The summed E-state index contributed by atoms with van der Waals surface area (Å²) in [6.45, 7) is 3.91. The molecule has 14 heavy (non-hydrogen) atoms. The van der Waals surface area contributed by atoms with Gasteiger partial charge in [0.15, 0.2) is 5.71 Å². The minimum atomic E-state index is -1.10. The Balaban J connectivity index is 2.80. The summed E-state index contributed by atoms with van der Waals surface area (Å²) in [6.07, 6.45) is 1.50. The molecule has 0 aromatic carbocycles. The summed E-state index contributed by atoms with van der Waals surface area (Å²) < 4.78 is 0. The first-order valence-electron chi connectivity index (χ1n) is 4.73. The van der Waals surface area contributed by atoms with Crippen LogP contribution in [0.5, 0.6) is 0 Å². The van der Waals surface area contributed by atoms with Gasteiger partial charge >= 0.3 is 5.97 Å². The zero-order valence-electron chi connectivity index (χ0n) is 8.36. The van der Waals surface area contributed by atoms with Crippen LogP contribution >= 0.6 is 0 Å². The minimum absolute atomic E-state index is 0.0272. The van der Waals surface area contributed by atoms with Crippen molar-refractivity contribution < 1.29 is 14.7 Å². The fourth-order valence-corrected chi connectivity index (χ4v) is 1.48. The molecule has 0 aliphatic carbocycles. The van der Waals surface area contributed by atoms with E-state index in [0.29, 0.717) is 0 Å². The number of hydrogen-bond donors (Lipinski definition) is 1. The highest BCUT2D eigenvalue weighted by atomic mass is 16.4. The SMILES string of the molecule is CCC(CC)N1N=C(C(=O)O)CC1=O. The van der Waals surface area contributed by atoms with Crippen LogP contribution in [0.2, 0.25) is 0 Å². The fourth-order valence-electron chi connectivity index (χ4n) is 1.48. The molecule has 0 fully saturated rings. The van der Waals surface area contributed by atoms with E-state index in [9.17, 15) is 9.59 Å². The van der Waals surface area contributed by atoms with Crippen LogP contribution in [0, 0.1) is 0 Å². The molecule has 5 nitrogen and oxygen atoms in total. The van der Waals surface area contributed by atoms with Gasteiger partial charge in [0.1, 0.15) is 0 Å². The number of carbonyl (C=O) groups is 2. The summed E-state index contributed by atoms with van der Waals surface area (Å²) in [5, 5.41) is 13.8. The summed E-state index contributed by atoms with van der Waals surface area (Å²) in [6, 6.07) is 0.0272. The first kappa shape index (κ1) is 10.7. The van der Waals surface area contributed by atoms with Crippen molar-refractivity contribution in [1.29, 1.82) is 0 Å². The molecule has 0 aromatic rings. The molecule has 1 N–H and O–H groups in total. The molecular formula is C9H14N2O3. The smallest absolute Gasteiger partial charge is 0.352 e. The van der Waals surface area contributed by atoms with E-state index in [1.807, 2.05) is 13.8 Å². The van der Waals surface area contributed by atoms with Gasteiger partial charge in [-0.2, -0.15) is 5.10 Å². The van der Waals surface area contributed by atoms with Crippen LogP contribution in [0.25, 0.3) is 0 Å². The second kappa shape index (κ2) is 4.21. The van der Waals surface area contributed by atoms with Crippen molar-refractivity contribution in [2.45, 2.75) is 39.2 Å². The van der Waals surface area contributed by atoms with Gasteiger partial charge in [-0.15, -0.1) is 0 Å². The number of hydrazone groups is 1. The summed E-state index contributed by atoms with van der Waals surface area (Å²) in [5.74, 6) is -1.32. The standard InChI is InChI=1S/C9H14N2O3/c1-3-6(4-2)11-8(12)5-7(10-11)9(13)14/h6H,3-5H2,1-2H3,(H,13,14). The molecule has 0 bridgehead atoms. The molecule has 0 saturated carbocycles. The van der Waals surface area contributed by atoms with E-state index in [4.69, 9.17) is 5.11 Å². The van der Waals surface area contributed by atoms with Crippen molar-refractivity contribution in [3.63, 3.8) is 0 Å². The summed E-state index contributed by atoms with van der Waals surface area (Å²) >= 11 is 0. The lowest BCUT2D eigenvalue weighted by Gasteiger charge is -2.21. The molecule has 0 spiro atoms. The molecule has 0 radical (unpaired) electrons. The second-order valence-corrected chi connectivity index (χ2v) is 3.24. The largest absolute Gasteiger partial charge is 0.477 e. The average molecular weight is 198 g/mol. The highest BCUT2D eigenvalue weighted by molar-refractivity contribution is 6.40. The molecule has 0 saturated heterocycles. The van der Waals surface area contributed by atoms with Crippen molar-refractivity contribution in [1.82, 2.24) is 5.01 Å². The summed E-state index contributed by atoms with van der Waals surface area (Å²) in [7, 11) is 0. The Morgan fingerprint density at radius 1 is 1.57 bits per heavy atom. The quantitative estimate of drug-likeness (QED) is 0.727. The van der Waals surface area contributed by atoms with Crippen molar-refractivity contribution in [2.24, 2.45) is 5.10 Å². The maximum absolute atomic E-state index is 11.4. The van der Waals surface area contributed by atoms with Gasteiger partial charge in [-0.05, 0) is 12.8 Å². The molecule has 78 valence electrons. The highest BCUT2D eigenvalue weighted by Gasteiger charge is 2.31. The number of hydrogen-bond acceptors (Lipinski definition) is 3. The molecule has 1 rings (SSSR count). The number of amides is 1. The molecular weight excluding hydrogens is 184 g/mol. The zero-order chi connectivity index (χ0) is 10.7. The van der Waals surface area contributed by atoms with Crippen LogP contribution < -0.4 is 0 Å². The molecule has 1 heterocycles. The van der Waals surface area contributed by atoms with Gasteiger partial charge in [-0.1, -0.05) is 13.8 Å². The normalized spacial score (nSPS) is 16.4. The Morgan fingerprint density at radius 2 is 2.14 bits per heavy atom. The summed E-state index contributed by atoms with van der Waals surface area (Å²) in [4.78, 5) is 22.0. The van der Waals surface area contributed by atoms with Gasteiger partial charge in [0.05, 0.1) is 12.5 Å². The van der Waals surface area contributed by atoms with Crippen LogP contribution in [0.3, 0.4) is 0 Å². The predicted molar refractivity (Wildman–Crippen MR) is 50.9 cm³/mol. The van der Waals surface area contributed by atoms with Gasteiger partial charge < -0.3 is 5.11 Å². The van der Waals surface area contributed by atoms with Gasteiger partial charge in [0, 0.05) is 0 Å². The topological polar surface area (TPSA) is 70.0 Å². The third kappa shape index (κ3) is 1.92. The number of aliphatic carboxylic acids is 1. The molecule has 0 aromatic heterocycles. The number of nitrogens with zero attached hydrogens (tertiary/aromatic N) is 2. The van der Waals surface area contributed by atoms with E-state index in [0.717, 1.165) is 12.8 Å². The number of carboxylic acids is 1. The van der Waals surface area contributed by atoms with Gasteiger partial charge in [-0.25, -0.2) is 9.80 Å². The van der Waals surface area contributed by atoms with Gasteiger partial charge in [-0.3, -0.25) is 4.79 Å². The third-order valence-corrected chi connectivity index (χ3v) is 2.34. The second-order valence-electron chi connectivity index (χ2n) is 3.24. The monoisotopic (exact) mass is 198 g/mol. The van der Waals surface area contributed by atoms with E-state index in [-0.39, 0.29) is 24.1 Å². The molecule has 0 atom stereocenters. The van der Waals surface area contributed by atoms with Crippen molar-refractivity contribution in [2.75, 3.05) is 0 Å². The average Bonchev–Trinajstić information content (AvgIpc) is 2.51. The van der Waals surface area contributed by atoms with Crippen LogP contribution in [-0.2, 0) is 9.59 Å². The van der Waals surface area contributed by atoms with Crippen LogP contribution in [0.4, 0.5) is 0 Å². The Kier molecular flexibility index (Phi) is 3.22. The van der Waals surface area contributed by atoms with Gasteiger partial charge in [0.2, 0.25) is 5.91 Å². The lowest BCUT2D eigenvalue weighted by molar-refractivity contribution is -0.132. The van der Waals surface area contributed by atoms with E-state index in [2.05, 4.69) is 5.10 Å². The van der Waals surface area contributed by atoms with E-state index in [1.165, 1.54) is 5.01 Å². The van der Waals surface area contributed by atoms with E-state index in [1.54, 1.807) is 0 Å². The van der Waals surface area contributed by atoms with Crippen LogP contribution in [0.1, 0.15) is 33.1 Å². The first-order valence-corrected chi connectivity index (χ1v) is 4.73. The molecule has 1 amide bonds. The molecule has 1 aliphatic rings. The summed E-state index contributed by atoms with van der Waals surface area (Å²) in [5.41, 5.74) is -0.0538. The maximum Gasteiger partial charge on any atom is 0.352 e. The molecule has 5 heteroatoms. The Labute approximate surface area is 82.4 Å². The Hall–Kier alpha value is -1.39. The lowest BCUT2D eigenvalue weighted by atomic mass is 10.1. The zero-order valence-corrected chi connectivity index (χ0v) is 8.36. The van der Waals surface area contributed by atoms with Crippen molar-refractivity contribution in [3.8, 4) is 0 Å². The van der Waals surface area contributed by atoms with E-state index < -0.39 is 5.97 Å². The van der Waals surface area contributed by atoms with Crippen LogP contribution in [-0.4, -0.2) is 33.7 Å². The number of rotatable bonds is 4. The Bertz CT molecular complexity index is 282. The predicted octanol–water partition coefficient (Wildman–Crippen LogP) is 0.848. The minimum Gasteiger partial charge on any atom is -0.477 e. The third-order valence-electron chi connectivity index (χ3n) is 2.34. The number of carbonyl (C=O) groups excluding carboxylic acids is 1. The molecule has 0 unspecified atom stereocenters. The lowest BCUT2D eigenvalue weighted by Crippen LogP contribution is -2.31. The Morgan fingerprint density at radius 3 is 2.50 bits per heavy atom. The molecule has 1 aliphatic heterocycles. The van der Waals surface area contributed by atoms with Crippen LogP contribution in [0.15, 0.2) is 5.10 Å². The van der Waals surface area contributed by atoms with Crippen molar-refractivity contribution in [3.05, 3.63) is 0 Å².